The fourth-order valence-electron chi connectivity index (χ4n) is 3.81. The molecule has 5 heteroatoms. The summed E-state index contributed by atoms with van der Waals surface area (Å²) in [5.41, 5.74) is 0.708. The second-order valence-electron chi connectivity index (χ2n) is 6.39. The van der Waals surface area contributed by atoms with Crippen molar-refractivity contribution in [3.8, 4) is 5.75 Å². The first-order valence-corrected chi connectivity index (χ1v) is 8.35. The van der Waals surface area contributed by atoms with Crippen LogP contribution in [-0.4, -0.2) is 25.1 Å². The highest BCUT2D eigenvalue weighted by Crippen LogP contribution is 2.48. The Bertz CT molecular complexity index is 586. The van der Waals surface area contributed by atoms with E-state index in [2.05, 4.69) is 5.32 Å². The minimum absolute atomic E-state index is 0.111. The molecule has 1 aromatic carbocycles. The van der Waals surface area contributed by atoms with E-state index in [1.807, 2.05) is 6.07 Å². The number of rotatable bonds is 6. The van der Waals surface area contributed by atoms with Crippen molar-refractivity contribution in [3.63, 3.8) is 0 Å². The van der Waals surface area contributed by atoms with E-state index in [0.29, 0.717) is 24.0 Å². The SMILES string of the molecule is CCOC(=O)COc1cccc(NC(=O)[C@H]2C[C@H]3CC[C@H]2C3)c1. The molecule has 124 valence electrons. The van der Waals surface area contributed by atoms with Gasteiger partial charge in [-0.05, 0) is 50.2 Å². The van der Waals surface area contributed by atoms with Gasteiger partial charge in [-0.25, -0.2) is 4.79 Å². The number of anilines is 1. The normalized spacial score (nSPS) is 25.2. The van der Waals surface area contributed by atoms with Gasteiger partial charge in [0.25, 0.3) is 0 Å². The molecule has 2 fully saturated rings. The first-order chi connectivity index (χ1) is 11.2. The average molecular weight is 317 g/mol. The van der Waals surface area contributed by atoms with E-state index in [-0.39, 0.29) is 18.4 Å². The highest BCUT2D eigenvalue weighted by molar-refractivity contribution is 5.93. The van der Waals surface area contributed by atoms with Crippen molar-refractivity contribution >= 4 is 17.6 Å². The van der Waals surface area contributed by atoms with E-state index in [9.17, 15) is 9.59 Å². The van der Waals surface area contributed by atoms with Crippen LogP contribution in [0.4, 0.5) is 5.69 Å². The fraction of sp³-hybridized carbons (Fsp3) is 0.556. The van der Waals surface area contributed by atoms with Crippen LogP contribution in [0.3, 0.4) is 0 Å². The first-order valence-electron chi connectivity index (χ1n) is 8.35. The van der Waals surface area contributed by atoms with Crippen LogP contribution in [0.5, 0.6) is 5.75 Å². The number of hydrogen-bond donors (Lipinski definition) is 1. The lowest BCUT2D eigenvalue weighted by atomic mass is 9.88. The van der Waals surface area contributed by atoms with Gasteiger partial charge < -0.3 is 14.8 Å². The van der Waals surface area contributed by atoms with Gasteiger partial charge in [0, 0.05) is 17.7 Å². The molecule has 0 aliphatic heterocycles. The van der Waals surface area contributed by atoms with Crippen LogP contribution in [0.15, 0.2) is 24.3 Å². The number of fused-ring (bicyclic) bond motifs is 2. The van der Waals surface area contributed by atoms with Crippen LogP contribution in [0, 0.1) is 17.8 Å². The lowest BCUT2D eigenvalue weighted by molar-refractivity contribution is -0.145. The molecule has 23 heavy (non-hydrogen) atoms. The van der Waals surface area contributed by atoms with Crippen molar-refractivity contribution in [1.29, 1.82) is 0 Å². The zero-order valence-corrected chi connectivity index (χ0v) is 13.4. The third-order valence-corrected chi connectivity index (χ3v) is 4.84. The van der Waals surface area contributed by atoms with Gasteiger partial charge in [0.15, 0.2) is 6.61 Å². The van der Waals surface area contributed by atoms with Gasteiger partial charge in [-0.2, -0.15) is 0 Å². The van der Waals surface area contributed by atoms with Crippen LogP contribution in [0.2, 0.25) is 0 Å². The molecule has 2 bridgehead atoms. The molecule has 0 radical (unpaired) electrons. The first kappa shape index (κ1) is 15.8. The Hall–Kier alpha value is -2.04. The Balaban J connectivity index is 1.55. The molecule has 0 saturated heterocycles. The van der Waals surface area contributed by atoms with E-state index in [0.717, 1.165) is 12.3 Å². The molecule has 1 aromatic rings. The Kier molecular flexibility index (Phi) is 4.84. The summed E-state index contributed by atoms with van der Waals surface area (Å²) in [7, 11) is 0. The van der Waals surface area contributed by atoms with Gasteiger partial charge in [0.05, 0.1) is 6.61 Å². The third kappa shape index (κ3) is 3.84. The molecule has 3 rings (SSSR count). The summed E-state index contributed by atoms with van der Waals surface area (Å²) < 4.78 is 10.2. The summed E-state index contributed by atoms with van der Waals surface area (Å²) in [5, 5.41) is 2.99. The van der Waals surface area contributed by atoms with Crippen LogP contribution in [-0.2, 0) is 14.3 Å². The number of benzene rings is 1. The zero-order valence-electron chi connectivity index (χ0n) is 13.4. The Morgan fingerprint density at radius 3 is 2.83 bits per heavy atom. The van der Waals surface area contributed by atoms with E-state index in [1.165, 1.54) is 19.3 Å². The van der Waals surface area contributed by atoms with Gasteiger partial charge >= 0.3 is 5.97 Å². The Morgan fingerprint density at radius 2 is 2.13 bits per heavy atom. The molecule has 1 amide bonds. The molecular weight excluding hydrogens is 294 g/mol. The molecule has 0 heterocycles. The van der Waals surface area contributed by atoms with Gasteiger partial charge in [-0.3, -0.25) is 4.79 Å². The molecule has 3 atom stereocenters. The van der Waals surface area contributed by atoms with Crippen molar-refractivity contribution in [1.82, 2.24) is 0 Å². The Morgan fingerprint density at radius 1 is 1.26 bits per heavy atom. The molecule has 2 saturated carbocycles. The maximum absolute atomic E-state index is 12.4. The second kappa shape index (κ2) is 7.02. The van der Waals surface area contributed by atoms with Crippen LogP contribution >= 0.6 is 0 Å². The van der Waals surface area contributed by atoms with Crippen LogP contribution in [0.25, 0.3) is 0 Å². The fourth-order valence-corrected chi connectivity index (χ4v) is 3.81. The zero-order chi connectivity index (χ0) is 16.2. The monoisotopic (exact) mass is 317 g/mol. The predicted molar refractivity (Wildman–Crippen MR) is 86.1 cm³/mol. The maximum Gasteiger partial charge on any atom is 0.344 e. The highest BCUT2D eigenvalue weighted by atomic mass is 16.6. The second-order valence-corrected chi connectivity index (χ2v) is 6.39. The van der Waals surface area contributed by atoms with E-state index in [1.54, 1.807) is 25.1 Å². The van der Waals surface area contributed by atoms with E-state index >= 15 is 0 Å². The van der Waals surface area contributed by atoms with Gasteiger partial charge in [0.1, 0.15) is 5.75 Å². The number of esters is 1. The summed E-state index contributed by atoms with van der Waals surface area (Å²) in [6.45, 7) is 1.96. The number of ether oxygens (including phenoxy) is 2. The summed E-state index contributed by atoms with van der Waals surface area (Å²) in [5.74, 6) is 1.71. The quantitative estimate of drug-likeness (QED) is 0.819. The minimum atomic E-state index is -0.399. The Labute approximate surface area is 136 Å². The number of nitrogens with one attached hydrogen (secondary N) is 1. The molecule has 5 nitrogen and oxygen atoms in total. The lowest BCUT2D eigenvalue weighted by Gasteiger charge is -2.20. The van der Waals surface area contributed by atoms with E-state index in [4.69, 9.17) is 9.47 Å². The summed E-state index contributed by atoms with van der Waals surface area (Å²) in [6.07, 6.45) is 4.70. The summed E-state index contributed by atoms with van der Waals surface area (Å²) in [6, 6.07) is 7.13. The van der Waals surface area contributed by atoms with Gasteiger partial charge in [0.2, 0.25) is 5.91 Å². The van der Waals surface area contributed by atoms with Crippen molar-refractivity contribution in [2.24, 2.45) is 17.8 Å². The van der Waals surface area contributed by atoms with Crippen LogP contribution < -0.4 is 10.1 Å². The highest BCUT2D eigenvalue weighted by Gasteiger charge is 2.42. The molecule has 1 N–H and O–H groups in total. The third-order valence-electron chi connectivity index (χ3n) is 4.84. The van der Waals surface area contributed by atoms with Crippen molar-refractivity contribution in [2.75, 3.05) is 18.5 Å². The average Bonchev–Trinajstić information content (AvgIpc) is 3.17. The van der Waals surface area contributed by atoms with Crippen molar-refractivity contribution in [2.45, 2.75) is 32.6 Å². The largest absolute Gasteiger partial charge is 0.482 e. The van der Waals surface area contributed by atoms with E-state index < -0.39 is 5.97 Å². The lowest BCUT2D eigenvalue weighted by Crippen LogP contribution is -2.27. The molecule has 0 aromatic heterocycles. The number of amides is 1. The summed E-state index contributed by atoms with van der Waals surface area (Å²) >= 11 is 0. The molecule has 0 unspecified atom stereocenters. The number of carbonyl (C=O) groups excluding carboxylic acids is 2. The van der Waals surface area contributed by atoms with Crippen LogP contribution in [0.1, 0.15) is 32.6 Å². The number of carbonyl (C=O) groups is 2. The molecular formula is C18H23NO4. The van der Waals surface area contributed by atoms with Gasteiger partial charge in [-0.15, -0.1) is 0 Å². The van der Waals surface area contributed by atoms with Crippen molar-refractivity contribution in [3.05, 3.63) is 24.3 Å². The molecule has 2 aliphatic carbocycles. The van der Waals surface area contributed by atoms with Crippen molar-refractivity contribution < 1.29 is 19.1 Å². The standard InChI is InChI=1S/C18H23NO4/c1-2-22-17(20)11-23-15-5-3-4-14(10-15)19-18(21)16-9-12-6-7-13(16)8-12/h3-5,10,12-13,16H,2,6-9,11H2,1H3,(H,19,21)/t12-,13-,16-/m0/s1. The molecule has 0 spiro atoms. The maximum atomic E-state index is 12.4. The minimum Gasteiger partial charge on any atom is -0.482 e. The summed E-state index contributed by atoms with van der Waals surface area (Å²) in [4.78, 5) is 23.8. The molecule has 2 aliphatic rings. The smallest absolute Gasteiger partial charge is 0.344 e. The topological polar surface area (TPSA) is 64.6 Å². The van der Waals surface area contributed by atoms with Gasteiger partial charge in [-0.1, -0.05) is 12.5 Å². The number of hydrogen-bond acceptors (Lipinski definition) is 4. The predicted octanol–water partition coefficient (Wildman–Crippen LogP) is 3.00.